The van der Waals surface area contributed by atoms with E-state index in [2.05, 4.69) is 31.2 Å². The van der Waals surface area contributed by atoms with Crippen molar-refractivity contribution in [2.75, 3.05) is 12.3 Å². The fourth-order valence-corrected chi connectivity index (χ4v) is 2.31. The van der Waals surface area contributed by atoms with Gasteiger partial charge in [0.25, 0.3) is 5.24 Å². The predicted octanol–water partition coefficient (Wildman–Crippen LogP) is 2.66. The molecule has 74 valence electrons. The molecule has 0 spiro atoms. The third kappa shape index (κ3) is 2.10. The van der Waals surface area contributed by atoms with Crippen LogP contribution in [0, 0.1) is 6.92 Å². The lowest BCUT2D eigenvalue weighted by Gasteiger charge is -2.14. The summed E-state index contributed by atoms with van der Waals surface area (Å²) in [6.07, 6.45) is 0. The summed E-state index contributed by atoms with van der Waals surface area (Å²) in [5.74, 6) is 0.935. The zero-order chi connectivity index (χ0) is 9.97. The van der Waals surface area contributed by atoms with Crippen LogP contribution in [0.3, 0.4) is 0 Å². The number of benzene rings is 1. The van der Waals surface area contributed by atoms with E-state index in [1.807, 2.05) is 4.90 Å². The number of amides is 1. The molecule has 1 aromatic rings. The Balaban J connectivity index is 2.03. The molecule has 1 saturated heterocycles. The highest BCUT2D eigenvalue weighted by Crippen LogP contribution is 2.19. The first-order valence-electron chi connectivity index (χ1n) is 4.73. The minimum absolute atomic E-state index is 0.213. The van der Waals surface area contributed by atoms with Crippen molar-refractivity contribution in [2.45, 2.75) is 13.5 Å². The fraction of sp³-hybridized carbons (Fsp3) is 0.364. The summed E-state index contributed by atoms with van der Waals surface area (Å²) in [7, 11) is 0. The topological polar surface area (TPSA) is 20.3 Å². The molecule has 0 aromatic heterocycles. The summed E-state index contributed by atoms with van der Waals surface area (Å²) in [6.45, 7) is 3.71. The highest BCUT2D eigenvalue weighted by Gasteiger charge is 2.20. The number of nitrogens with zero attached hydrogens (tertiary/aromatic N) is 1. The van der Waals surface area contributed by atoms with E-state index in [4.69, 9.17) is 0 Å². The summed E-state index contributed by atoms with van der Waals surface area (Å²) >= 11 is 1.41. The lowest BCUT2D eigenvalue weighted by molar-refractivity contribution is 0.228. The number of aryl methyl sites for hydroxylation is 1. The van der Waals surface area contributed by atoms with Crippen molar-refractivity contribution >= 4 is 17.0 Å². The molecule has 1 heterocycles. The summed E-state index contributed by atoms with van der Waals surface area (Å²) in [6, 6.07) is 8.35. The number of hydrogen-bond donors (Lipinski definition) is 0. The first kappa shape index (κ1) is 9.59. The summed E-state index contributed by atoms with van der Waals surface area (Å²) in [5.41, 5.74) is 2.47. The molecule has 0 saturated carbocycles. The number of hydrogen-bond acceptors (Lipinski definition) is 2. The second-order valence-corrected chi connectivity index (χ2v) is 4.57. The standard InChI is InChI=1S/C11H13NOS/c1-9-2-4-10(5-3-9)8-12-6-7-14-11(12)13/h2-5H,6-8H2,1H3. The number of rotatable bonds is 2. The maximum absolute atomic E-state index is 11.3. The summed E-state index contributed by atoms with van der Waals surface area (Å²) in [4.78, 5) is 13.2. The molecule has 1 aliphatic rings. The van der Waals surface area contributed by atoms with Gasteiger partial charge in [-0.2, -0.15) is 0 Å². The van der Waals surface area contributed by atoms with Crippen molar-refractivity contribution in [2.24, 2.45) is 0 Å². The second kappa shape index (κ2) is 4.05. The van der Waals surface area contributed by atoms with E-state index in [1.165, 1.54) is 22.9 Å². The Kier molecular flexibility index (Phi) is 2.77. The first-order valence-corrected chi connectivity index (χ1v) is 5.71. The Morgan fingerprint density at radius 1 is 1.36 bits per heavy atom. The van der Waals surface area contributed by atoms with Crippen LogP contribution >= 0.6 is 11.8 Å². The van der Waals surface area contributed by atoms with Gasteiger partial charge in [-0.25, -0.2) is 0 Å². The van der Waals surface area contributed by atoms with Gasteiger partial charge in [0, 0.05) is 18.8 Å². The Labute approximate surface area is 88.3 Å². The van der Waals surface area contributed by atoms with Crippen LogP contribution in [-0.4, -0.2) is 22.4 Å². The minimum Gasteiger partial charge on any atom is -0.328 e. The molecule has 1 aliphatic heterocycles. The molecular formula is C11H13NOS. The van der Waals surface area contributed by atoms with Gasteiger partial charge in [0.1, 0.15) is 0 Å². The van der Waals surface area contributed by atoms with E-state index in [9.17, 15) is 4.79 Å². The highest BCUT2D eigenvalue weighted by molar-refractivity contribution is 8.13. The lowest BCUT2D eigenvalue weighted by Crippen LogP contribution is -2.22. The Morgan fingerprint density at radius 2 is 2.07 bits per heavy atom. The fourth-order valence-electron chi connectivity index (χ4n) is 1.48. The van der Waals surface area contributed by atoms with E-state index in [-0.39, 0.29) is 5.24 Å². The van der Waals surface area contributed by atoms with Gasteiger partial charge in [0.2, 0.25) is 0 Å². The van der Waals surface area contributed by atoms with Crippen molar-refractivity contribution in [1.82, 2.24) is 4.90 Å². The molecule has 2 rings (SSSR count). The molecule has 1 aromatic carbocycles. The van der Waals surface area contributed by atoms with Crippen molar-refractivity contribution in [3.05, 3.63) is 35.4 Å². The third-order valence-electron chi connectivity index (χ3n) is 2.34. The van der Waals surface area contributed by atoms with Gasteiger partial charge in [-0.05, 0) is 12.5 Å². The SMILES string of the molecule is Cc1ccc(CN2CCSC2=O)cc1. The maximum atomic E-state index is 11.3. The summed E-state index contributed by atoms with van der Waals surface area (Å²) in [5, 5.41) is 0.213. The highest BCUT2D eigenvalue weighted by atomic mass is 32.2. The molecule has 1 fully saturated rings. The lowest BCUT2D eigenvalue weighted by atomic mass is 10.1. The number of carbonyl (C=O) groups is 1. The van der Waals surface area contributed by atoms with Crippen LogP contribution in [0.1, 0.15) is 11.1 Å². The molecule has 0 unspecified atom stereocenters. The Hall–Kier alpha value is -0.960. The van der Waals surface area contributed by atoms with Crippen LogP contribution < -0.4 is 0 Å². The molecular weight excluding hydrogens is 194 g/mol. The predicted molar refractivity (Wildman–Crippen MR) is 59.4 cm³/mol. The quantitative estimate of drug-likeness (QED) is 0.743. The molecule has 0 atom stereocenters. The molecule has 0 bridgehead atoms. The van der Waals surface area contributed by atoms with Gasteiger partial charge in [0.05, 0.1) is 0 Å². The third-order valence-corrected chi connectivity index (χ3v) is 3.23. The average Bonchev–Trinajstić information content (AvgIpc) is 2.56. The van der Waals surface area contributed by atoms with Crippen LogP contribution in [0.5, 0.6) is 0 Å². The Bertz CT molecular complexity index is 334. The minimum atomic E-state index is 0.213. The van der Waals surface area contributed by atoms with Crippen molar-refractivity contribution in [3.8, 4) is 0 Å². The molecule has 0 N–H and O–H groups in total. The molecule has 14 heavy (non-hydrogen) atoms. The maximum Gasteiger partial charge on any atom is 0.282 e. The smallest absolute Gasteiger partial charge is 0.282 e. The monoisotopic (exact) mass is 207 g/mol. The molecule has 0 radical (unpaired) electrons. The largest absolute Gasteiger partial charge is 0.328 e. The average molecular weight is 207 g/mol. The van der Waals surface area contributed by atoms with Gasteiger partial charge in [0.15, 0.2) is 0 Å². The van der Waals surface area contributed by atoms with Crippen LogP contribution in [0.15, 0.2) is 24.3 Å². The Morgan fingerprint density at radius 3 is 2.64 bits per heavy atom. The number of carbonyl (C=O) groups excluding carboxylic acids is 1. The van der Waals surface area contributed by atoms with Crippen LogP contribution in [0.4, 0.5) is 4.79 Å². The van der Waals surface area contributed by atoms with E-state index in [0.29, 0.717) is 0 Å². The van der Waals surface area contributed by atoms with Gasteiger partial charge in [-0.3, -0.25) is 4.79 Å². The zero-order valence-corrected chi connectivity index (χ0v) is 9.01. The molecule has 2 nitrogen and oxygen atoms in total. The van der Waals surface area contributed by atoms with Crippen LogP contribution in [0.25, 0.3) is 0 Å². The molecule has 1 amide bonds. The van der Waals surface area contributed by atoms with Gasteiger partial charge < -0.3 is 4.90 Å². The van der Waals surface area contributed by atoms with E-state index in [1.54, 1.807) is 0 Å². The van der Waals surface area contributed by atoms with Gasteiger partial charge >= 0.3 is 0 Å². The van der Waals surface area contributed by atoms with Crippen molar-refractivity contribution < 1.29 is 4.79 Å². The normalized spacial score (nSPS) is 16.4. The van der Waals surface area contributed by atoms with E-state index < -0.39 is 0 Å². The molecule has 3 heteroatoms. The van der Waals surface area contributed by atoms with Crippen LogP contribution in [0.2, 0.25) is 0 Å². The van der Waals surface area contributed by atoms with E-state index >= 15 is 0 Å². The second-order valence-electron chi connectivity index (χ2n) is 3.52. The van der Waals surface area contributed by atoms with Crippen molar-refractivity contribution in [3.63, 3.8) is 0 Å². The zero-order valence-electron chi connectivity index (χ0n) is 8.19. The van der Waals surface area contributed by atoms with Crippen molar-refractivity contribution in [1.29, 1.82) is 0 Å². The van der Waals surface area contributed by atoms with E-state index in [0.717, 1.165) is 18.8 Å². The first-order chi connectivity index (χ1) is 6.75. The van der Waals surface area contributed by atoms with Gasteiger partial charge in [-0.15, -0.1) is 0 Å². The van der Waals surface area contributed by atoms with Gasteiger partial charge in [-0.1, -0.05) is 41.6 Å². The molecule has 0 aliphatic carbocycles. The summed E-state index contributed by atoms with van der Waals surface area (Å²) < 4.78 is 0. The number of thioether (sulfide) groups is 1. The van der Waals surface area contributed by atoms with Crippen LogP contribution in [-0.2, 0) is 6.54 Å².